The Morgan fingerprint density at radius 3 is 0.636 bits per heavy atom. The largest absolute Gasteiger partial charge is 0.394 e. The van der Waals surface area contributed by atoms with Crippen LogP contribution in [0.5, 0.6) is 0 Å². The molecule has 0 saturated carbocycles. The molecular formula is H4NaO8S2. The maximum absolute atomic E-state index is 8.74. The van der Waals surface area contributed by atoms with Crippen molar-refractivity contribution in [1.29, 1.82) is 0 Å². The number of hydrogen-bond acceptors (Lipinski definition) is 4. The Kier molecular flexibility index (Phi) is 10.1. The van der Waals surface area contributed by atoms with Crippen LogP contribution in [0.2, 0.25) is 0 Å². The molecule has 0 aliphatic heterocycles. The molecule has 0 atom stereocenters. The number of hydrogen-bond donors (Lipinski definition) is 4. The third kappa shape index (κ3) is 1500. The second-order valence-electron chi connectivity index (χ2n) is 0.896. The van der Waals surface area contributed by atoms with Gasteiger partial charge in [0.05, 0.1) is 0 Å². The van der Waals surface area contributed by atoms with Gasteiger partial charge >= 0.3 is 20.8 Å². The first-order chi connectivity index (χ1) is 4.00. The van der Waals surface area contributed by atoms with Crippen molar-refractivity contribution in [2.75, 3.05) is 0 Å². The number of rotatable bonds is 0. The van der Waals surface area contributed by atoms with Crippen LogP contribution in [0.4, 0.5) is 0 Å². The molecule has 8 nitrogen and oxygen atoms in total. The molecule has 11 heteroatoms. The molecule has 4 N–H and O–H groups in total. The van der Waals surface area contributed by atoms with Crippen molar-refractivity contribution in [1.82, 2.24) is 0 Å². The third-order valence-electron chi connectivity index (χ3n) is 0. The average molecular weight is 219 g/mol. The third-order valence-corrected chi connectivity index (χ3v) is 0. The van der Waals surface area contributed by atoms with E-state index < -0.39 is 20.8 Å². The molecule has 0 aromatic carbocycles. The zero-order valence-corrected chi connectivity index (χ0v) is 8.87. The van der Waals surface area contributed by atoms with Gasteiger partial charge < -0.3 is 0 Å². The predicted molar refractivity (Wildman–Crippen MR) is 34.1 cm³/mol. The molecule has 0 saturated heterocycles. The van der Waals surface area contributed by atoms with Crippen molar-refractivity contribution in [3.63, 3.8) is 0 Å². The molecular weight excluding hydrogens is 215 g/mol. The zero-order chi connectivity index (χ0) is 9.00. The van der Waals surface area contributed by atoms with Crippen molar-refractivity contribution >= 4 is 50.4 Å². The molecule has 0 heterocycles. The zero-order valence-electron chi connectivity index (χ0n) is 5.24. The van der Waals surface area contributed by atoms with E-state index in [0.717, 1.165) is 0 Å². The molecule has 0 spiro atoms. The van der Waals surface area contributed by atoms with Gasteiger partial charge in [0.1, 0.15) is 0 Å². The van der Waals surface area contributed by atoms with E-state index in [-0.39, 0.29) is 29.6 Å². The monoisotopic (exact) mass is 219 g/mol. The van der Waals surface area contributed by atoms with Crippen molar-refractivity contribution in [2.24, 2.45) is 0 Å². The van der Waals surface area contributed by atoms with Crippen LogP contribution in [-0.4, -0.2) is 64.6 Å². The summed E-state index contributed by atoms with van der Waals surface area (Å²) in [5.74, 6) is 0. The Hall–Kier alpha value is 0.740. The van der Waals surface area contributed by atoms with Gasteiger partial charge in [-0.05, 0) is 0 Å². The predicted octanol–water partition coefficient (Wildman–Crippen LogP) is -1.69. The minimum atomic E-state index is -4.67. The Balaban J connectivity index is -0.000000107. The topological polar surface area (TPSA) is 149 Å². The van der Waals surface area contributed by atoms with E-state index in [9.17, 15) is 0 Å². The fourth-order valence-corrected chi connectivity index (χ4v) is 0. The van der Waals surface area contributed by atoms with Crippen molar-refractivity contribution in [3.05, 3.63) is 0 Å². The molecule has 65 valence electrons. The van der Waals surface area contributed by atoms with Crippen LogP contribution in [0.3, 0.4) is 0 Å². The summed E-state index contributed by atoms with van der Waals surface area (Å²) in [6, 6.07) is 0. The Morgan fingerprint density at radius 2 is 0.636 bits per heavy atom. The normalized spacial score (nSPS) is 10.5. The maximum atomic E-state index is 8.74. The van der Waals surface area contributed by atoms with E-state index in [0.29, 0.717) is 0 Å². The van der Waals surface area contributed by atoms with Gasteiger partial charge in [0.25, 0.3) is 0 Å². The fourth-order valence-electron chi connectivity index (χ4n) is 0. The molecule has 0 aromatic heterocycles. The van der Waals surface area contributed by atoms with Gasteiger partial charge in [-0.1, -0.05) is 0 Å². The SMILES string of the molecule is O=S(=O)(O)O.O=S(=O)(O)O.[Na]. The summed E-state index contributed by atoms with van der Waals surface area (Å²) in [4.78, 5) is 0. The van der Waals surface area contributed by atoms with E-state index in [4.69, 9.17) is 35.0 Å². The summed E-state index contributed by atoms with van der Waals surface area (Å²) in [6.07, 6.45) is 0. The van der Waals surface area contributed by atoms with Crippen molar-refractivity contribution < 1.29 is 35.0 Å². The smallest absolute Gasteiger partial charge is 0.264 e. The molecule has 0 aromatic rings. The maximum Gasteiger partial charge on any atom is 0.394 e. The van der Waals surface area contributed by atoms with Crippen LogP contribution in [0, 0.1) is 0 Å². The first-order valence-corrected chi connectivity index (χ1v) is 4.19. The van der Waals surface area contributed by atoms with Crippen molar-refractivity contribution in [2.45, 2.75) is 0 Å². The van der Waals surface area contributed by atoms with Gasteiger partial charge in [0.2, 0.25) is 0 Å². The first-order valence-electron chi connectivity index (χ1n) is 1.40. The van der Waals surface area contributed by atoms with Crippen LogP contribution < -0.4 is 0 Å². The minimum absolute atomic E-state index is 0. The Bertz CT molecular complexity index is 208. The van der Waals surface area contributed by atoms with Crippen LogP contribution >= 0.6 is 0 Å². The van der Waals surface area contributed by atoms with Gasteiger partial charge in [0, 0.05) is 29.6 Å². The van der Waals surface area contributed by atoms with E-state index >= 15 is 0 Å². The molecule has 0 unspecified atom stereocenters. The van der Waals surface area contributed by atoms with Crippen LogP contribution in [0.1, 0.15) is 0 Å². The molecule has 11 heavy (non-hydrogen) atoms. The summed E-state index contributed by atoms with van der Waals surface area (Å²) >= 11 is 0. The average Bonchev–Trinajstić information content (AvgIpc) is 1.12. The summed E-state index contributed by atoms with van der Waals surface area (Å²) in [5, 5.41) is 0. The fraction of sp³-hybridized carbons (Fsp3) is 0. The van der Waals surface area contributed by atoms with Crippen molar-refractivity contribution in [3.8, 4) is 0 Å². The summed E-state index contributed by atoms with van der Waals surface area (Å²) < 4.78 is 63.2. The van der Waals surface area contributed by atoms with Crippen LogP contribution in [0.15, 0.2) is 0 Å². The summed E-state index contributed by atoms with van der Waals surface area (Å²) in [5.41, 5.74) is 0. The Morgan fingerprint density at radius 1 is 0.636 bits per heavy atom. The molecule has 0 rings (SSSR count). The van der Waals surface area contributed by atoms with E-state index in [2.05, 4.69) is 0 Å². The summed E-state index contributed by atoms with van der Waals surface area (Å²) in [6.45, 7) is 0. The van der Waals surface area contributed by atoms with Gasteiger partial charge in [-0.25, -0.2) is 0 Å². The van der Waals surface area contributed by atoms with Gasteiger partial charge in [0.15, 0.2) is 0 Å². The second-order valence-corrected chi connectivity index (χ2v) is 2.69. The van der Waals surface area contributed by atoms with E-state index in [1.54, 1.807) is 0 Å². The summed E-state index contributed by atoms with van der Waals surface area (Å²) in [7, 11) is -9.33. The van der Waals surface area contributed by atoms with Gasteiger partial charge in [-0.2, -0.15) is 16.8 Å². The second kappa shape index (κ2) is 6.28. The molecule has 0 aliphatic carbocycles. The van der Waals surface area contributed by atoms with Crippen LogP contribution in [-0.2, 0) is 20.8 Å². The molecule has 0 fully saturated rings. The molecule has 0 bridgehead atoms. The first kappa shape index (κ1) is 17.7. The van der Waals surface area contributed by atoms with Crippen LogP contribution in [0.25, 0.3) is 0 Å². The van der Waals surface area contributed by atoms with Gasteiger partial charge in [-0.3, -0.25) is 18.2 Å². The minimum Gasteiger partial charge on any atom is -0.264 e. The quantitative estimate of drug-likeness (QED) is 0.278. The molecule has 0 amide bonds. The standard InChI is InChI=1S/Na.2H2O4S/c;2*1-5(2,3)4/h;2*(H2,1,2,3,4). The van der Waals surface area contributed by atoms with E-state index in [1.807, 2.05) is 0 Å². The molecule has 1 radical (unpaired) electrons. The molecule has 0 aliphatic rings. The Labute approximate surface area is 85.1 Å². The van der Waals surface area contributed by atoms with Gasteiger partial charge in [-0.15, -0.1) is 0 Å². The van der Waals surface area contributed by atoms with E-state index in [1.165, 1.54) is 0 Å².